The molecule has 16 heavy (non-hydrogen) atoms. The van der Waals surface area contributed by atoms with Crippen LogP contribution >= 0.6 is 0 Å². The monoisotopic (exact) mass is 224 g/mol. The molecule has 5 atom stereocenters. The number of likely N-dealkylation sites (tertiary alicyclic amines) is 1. The molecule has 0 spiro atoms. The van der Waals surface area contributed by atoms with Crippen molar-refractivity contribution in [1.82, 2.24) is 10.2 Å². The fourth-order valence-corrected chi connectivity index (χ4v) is 3.69. The first-order valence-corrected chi connectivity index (χ1v) is 7.06. The van der Waals surface area contributed by atoms with Crippen molar-refractivity contribution in [3.8, 4) is 0 Å². The van der Waals surface area contributed by atoms with E-state index in [0.29, 0.717) is 0 Å². The number of nitrogens with zero attached hydrogens (tertiary/aromatic N) is 1. The molecule has 2 aliphatic rings. The molecular formula is C14H28N2. The summed E-state index contributed by atoms with van der Waals surface area (Å²) in [6.45, 7) is 13.4. The maximum atomic E-state index is 3.51. The minimum Gasteiger partial charge on any atom is -0.316 e. The van der Waals surface area contributed by atoms with Crippen LogP contribution < -0.4 is 5.32 Å². The molecule has 94 valence electrons. The van der Waals surface area contributed by atoms with Crippen LogP contribution in [0.15, 0.2) is 0 Å². The zero-order chi connectivity index (χ0) is 11.7. The van der Waals surface area contributed by atoms with Crippen LogP contribution in [-0.4, -0.2) is 36.6 Å². The summed E-state index contributed by atoms with van der Waals surface area (Å²) in [5, 5.41) is 3.51. The van der Waals surface area contributed by atoms with Crippen molar-refractivity contribution in [2.75, 3.05) is 19.6 Å². The Hall–Kier alpha value is -0.0800. The van der Waals surface area contributed by atoms with E-state index in [1.54, 1.807) is 0 Å². The van der Waals surface area contributed by atoms with E-state index < -0.39 is 0 Å². The third-order valence-corrected chi connectivity index (χ3v) is 4.81. The second kappa shape index (κ2) is 5.05. The summed E-state index contributed by atoms with van der Waals surface area (Å²) in [6, 6.07) is 1.60. The van der Waals surface area contributed by atoms with Crippen molar-refractivity contribution in [2.45, 2.75) is 52.6 Å². The van der Waals surface area contributed by atoms with Crippen LogP contribution in [0, 0.1) is 17.8 Å². The van der Waals surface area contributed by atoms with Gasteiger partial charge in [-0.25, -0.2) is 0 Å². The second-order valence-electron chi connectivity index (χ2n) is 6.29. The van der Waals surface area contributed by atoms with Gasteiger partial charge in [0.1, 0.15) is 0 Å². The van der Waals surface area contributed by atoms with Crippen LogP contribution in [0.3, 0.4) is 0 Å². The predicted octanol–water partition coefficient (Wildman–Crippen LogP) is 2.35. The third kappa shape index (κ3) is 2.43. The Morgan fingerprint density at radius 3 is 2.50 bits per heavy atom. The molecule has 2 heteroatoms. The van der Waals surface area contributed by atoms with E-state index in [2.05, 4.69) is 37.9 Å². The van der Waals surface area contributed by atoms with Gasteiger partial charge >= 0.3 is 0 Å². The molecule has 1 N–H and O–H groups in total. The molecule has 0 radical (unpaired) electrons. The van der Waals surface area contributed by atoms with Gasteiger partial charge in [0.25, 0.3) is 0 Å². The van der Waals surface area contributed by atoms with Crippen molar-refractivity contribution in [3.05, 3.63) is 0 Å². The molecule has 0 aromatic rings. The SMILES string of the molecule is CC1CC(C)C(C)N(C2CCNCC2C)C1. The van der Waals surface area contributed by atoms with Gasteiger partial charge in [-0.3, -0.25) is 4.90 Å². The lowest BCUT2D eigenvalue weighted by atomic mass is 9.82. The fraction of sp³-hybridized carbons (Fsp3) is 1.00. The van der Waals surface area contributed by atoms with Gasteiger partial charge in [0.2, 0.25) is 0 Å². The third-order valence-electron chi connectivity index (χ3n) is 4.81. The number of hydrogen-bond donors (Lipinski definition) is 1. The fourth-order valence-electron chi connectivity index (χ4n) is 3.69. The van der Waals surface area contributed by atoms with Crippen LogP contribution in [0.25, 0.3) is 0 Å². The Balaban J connectivity index is 2.05. The normalized spacial score (nSPS) is 46.9. The van der Waals surface area contributed by atoms with E-state index in [-0.39, 0.29) is 0 Å². The Morgan fingerprint density at radius 2 is 1.81 bits per heavy atom. The molecule has 0 aliphatic carbocycles. The molecule has 2 heterocycles. The lowest BCUT2D eigenvalue weighted by Crippen LogP contribution is -2.56. The van der Waals surface area contributed by atoms with Crippen molar-refractivity contribution >= 4 is 0 Å². The standard InChI is InChI=1S/C14H28N2/c1-10-7-11(2)13(4)16(9-10)14-5-6-15-8-12(14)3/h10-15H,5-9H2,1-4H3. The molecule has 2 saturated heterocycles. The van der Waals surface area contributed by atoms with Crippen LogP contribution in [0.4, 0.5) is 0 Å². The summed E-state index contributed by atoms with van der Waals surface area (Å²) in [5.74, 6) is 2.56. The zero-order valence-corrected chi connectivity index (χ0v) is 11.4. The number of rotatable bonds is 1. The topological polar surface area (TPSA) is 15.3 Å². The summed E-state index contributed by atoms with van der Waals surface area (Å²) >= 11 is 0. The van der Waals surface area contributed by atoms with Crippen molar-refractivity contribution in [3.63, 3.8) is 0 Å². The molecule has 2 fully saturated rings. The Labute approximate surface area is 101 Å². The minimum absolute atomic E-state index is 0.779. The quantitative estimate of drug-likeness (QED) is 0.735. The molecule has 0 aromatic heterocycles. The average molecular weight is 224 g/mol. The summed E-state index contributed by atoms with van der Waals surface area (Å²) < 4.78 is 0. The largest absolute Gasteiger partial charge is 0.316 e. The molecule has 2 nitrogen and oxygen atoms in total. The van der Waals surface area contributed by atoms with E-state index in [1.165, 1.54) is 32.5 Å². The van der Waals surface area contributed by atoms with Gasteiger partial charge in [0.15, 0.2) is 0 Å². The molecule has 0 amide bonds. The molecule has 0 aromatic carbocycles. The van der Waals surface area contributed by atoms with Gasteiger partial charge in [0.05, 0.1) is 0 Å². The zero-order valence-electron chi connectivity index (χ0n) is 11.4. The van der Waals surface area contributed by atoms with Crippen LogP contribution in [0.1, 0.15) is 40.5 Å². The highest BCUT2D eigenvalue weighted by Gasteiger charge is 2.36. The van der Waals surface area contributed by atoms with Gasteiger partial charge in [-0.2, -0.15) is 0 Å². The molecule has 0 saturated carbocycles. The Kier molecular flexibility index (Phi) is 3.91. The highest BCUT2D eigenvalue weighted by atomic mass is 15.2. The van der Waals surface area contributed by atoms with E-state index >= 15 is 0 Å². The Bertz CT molecular complexity index is 229. The smallest absolute Gasteiger partial charge is 0.0148 e. The van der Waals surface area contributed by atoms with Gasteiger partial charge < -0.3 is 5.32 Å². The van der Waals surface area contributed by atoms with Gasteiger partial charge in [-0.15, -0.1) is 0 Å². The Morgan fingerprint density at radius 1 is 1.06 bits per heavy atom. The molecule has 2 rings (SSSR count). The summed E-state index contributed by atoms with van der Waals surface area (Å²) in [4.78, 5) is 2.81. The first-order valence-electron chi connectivity index (χ1n) is 7.06. The van der Waals surface area contributed by atoms with Crippen LogP contribution in [0.5, 0.6) is 0 Å². The van der Waals surface area contributed by atoms with Crippen molar-refractivity contribution < 1.29 is 0 Å². The molecule has 0 bridgehead atoms. The minimum atomic E-state index is 0.779. The van der Waals surface area contributed by atoms with Crippen LogP contribution in [0.2, 0.25) is 0 Å². The highest BCUT2D eigenvalue weighted by Crippen LogP contribution is 2.31. The summed E-state index contributed by atoms with van der Waals surface area (Å²) in [5.41, 5.74) is 0. The molecule has 2 aliphatic heterocycles. The number of nitrogens with one attached hydrogen (secondary N) is 1. The molecule has 5 unspecified atom stereocenters. The first kappa shape index (κ1) is 12.4. The van der Waals surface area contributed by atoms with Gasteiger partial charge in [0, 0.05) is 18.6 Å². The number of piperidine rings is 2. The van der Waals surface area contributed by atoms with Gasteiger partial charge in [-0.05, 0) is 50.6 Å². The van der Waals surface area contributed by atoms with E-state index in [1.807, 2.05) is 0 Å². The van der Waals surface area contributed by atoms with Crippen molar-refractivity contribution in [2.24, 2.45) is 17.8 Å². The summed E-state index contributed by atoms with van der Waals surface area (Å²) in [7, 11) is 0. The lowest BCUT2D eigenvalue weighted by molar-refractivity contribution is 0.00879. The predicted molar refractivity (Wildman–Crippen MR) is 69.6 cm³/mol. The van der Waals surface area contributed by atoms with E-state index in [0.717, 1.165) is 29.8 Å². The van der Waals surface area contributed by atoms with E-state index in [9.17, 15) is 0 Å². The maximum absolute atomic E-state index is 3.51. The number of hydrogen-bond acceptors (Lipinski definition) is 2. The van der Waals surface area contributed by atoms with Crippen molar-refractivity contribution in [1.29, 1.82) is 0 Å². The average Bonchev–Trinajstić information content (AvgIpc) is 2.24. The molecular weight excluding hydrogens is 196 g/mol. The van der Waals surface area contributed by atoms with Crippen LogP contribution in [-0.2, 0) is 0 Å². The van der Waals surface area contributed by atoms with Gasteiger partial charge in [-0.1, -0.05) is 20.8 Å². The second-order valence-corrected chi connectivity index (χ2v) is 6.29. The first-order chi connectivity index (χ1) is 7.59. The van der Waals surface area contributed by atoms with E-state index in [4.69, 9.17) is 0 Å². The maximum Gasteiger partial charge on any atom is 0.0148 e. The lowest BCUT2D eigenvalue weighted by Gasteiger charge is -2.48. The highest BCUT2D eigenvalue weighted by molar-refractivity contribution is 4.91. The summed E-state index contributed by atoms with van der Waals surface area (Å²) in [6.07, 6.45) is 2.75.